The SMILES string of the molecule is NCCCN1C[C@@H]2CC(F)=CN2C1=O. The highest BCUT2D eigenvalue weighted by Gasteiger charge is 2.39. The molecule has 2 aliphatic rings. The Morgan fingerprint density at radius 1 is 1.64 bits per heavy atom. The number of hydrogen-bond donors (Lipinski definition) is 1. The molecule has 2 rings (SSSR count). The van der Waals surface area contributed by atoms with Crippen molar-refractivity contribution in [2.75, 3.05) is 19.6 Å². The molecule has 0 bridgehead atoms. The molecule has 0 aromatic rings. The number of nitrogens with zero attached hydrogens (tertiary/aromatic N) is 2. The van der Waals surface area contributed by atoms with Crippen molar-refractivity contribution in [2.24, 2.45) is 5.73 Å². The van der Waals surface area contributed by atoms with Gasteiger partial charge in [0.1, 0.15) is 5.83 Å². The van der Waals surface area contributed by atoms with Crippen LogP contribution in [0.3, 0.4) is 0 Å². The number of carbonyl (C=O) groups excluding carboxylic acids is 1. The number of urea groups is 1. The summed E-state index contributed by atoms with van der Waals surface area (Å²) in [6.45, 7) is 1.89. The van der Waals surface area contributed by atoms with Crippen molar-refractivity contribution in [3.05, 3.63) is 12.0 Å². The number of amides is 2. The minimum Gasteiger partial charge on any atom is -0.330 e. The summed E-state index contributed by atoms with van der Waals surface area (Å²) in [4.78, 5) is 14.9. The van der Waals surface area contributed by atoms with Gasteiger partial charge in [-0.2, -0.15) is 0 Å². The number of rotatable bonds is 3. The van der Waals surface area contributed by atoms with Crippen molar-refractivity contribution in [3.8, 4) is 0 Å². The Balaban J connectivity index is 1.98. The molecule has 0 aliphatic carbocycles. The second kappa shape index (κ2) is 3.57. The van der Waals surface area contributed by atoms with Gasteiger partial charge in [-0.25, -0.2) is 9.18 Å². The molecule has 2 N–H and O–H groups in total. The molecule has 0 unspecified atom stereocenters. The van der Waals surface area contributed by atoms with Crippen LogP contribution in [0.15, 0.2) is 12.0 Å². The van der Waals surface area contributed by atoms with Gasteiger partial charge in [0.25, 0.3) is 0 Å². The summed E-state index contributed by atoms with van der Waals surface area (Å²) >= 11 is 0. The van der Waals surface area contributed by atoms with Gasteiger partial charge in [-0.3, -0.25) is 4.90 Å². The van der Waals surface area contributed by atoms with Crippen LogP contribution in [0, 0.1) is 0 Å². The summed E-state index contributed by atoms with van der Waals surface area (Å²) in [6.07, 6.45) is 2.48. The molecule has 0 aromatic carbocycles. The molecule has 0 aromatic heterocycles. The third-order valence-electron chi connectivity index (χ3n) is 2.66. The van der Waals surface area contributed by atoms with Crippen molar-refractivity contribution in [1.29, 1.82) is 0 Å². The summed E-state index contributed by atoms with van der Waals surface area (Å²) < 4.78 is 12.8. The number of halogens is 1. The van der Waals surface area contributed by atoms with Gasteiger partial charge in [0.2, 0.25) is 0 Å². The van der Waals surface area contributed by atoms with E-state index in [0.29, 0.717) is 26.1 Å². The zero-order valence-corrected chi connectivity index (χ0v) is 7.95. The third kappa shape index (κ3) is 1.48. The van der Waals surface area contributed by atoms with E-state index in [2.05, 4.69) is 0 Å². The Bertz CT molecular complexity index is 279. The van der Waals surface area contributed by atoms with Gasteiger partial charge in [0.15, 0.2) is 0 Å². The molecule has 1 saturated heterocycles. The zero-order chi connectivity index (χ0) is 10.1. The molecular weight excluding hydrogens is 185 g/mol. The van der Waals surface area contributed by atoms with Gasteiger partial charge in [0.05, 0.1) is 6.04 Å². The topological polar surface area (TPSA) is 49.6 Å². The fourth-order valence-corrected chi connectivity index (χ4v) is 1.96. The maximum Gasteiger partial charge on any atom is 0.324 e. The Morgan fingerprint density at radius 2 is 2.43 bits per heavy atom. The van der Waals surface area contributed by atoms with Crippen LogP contribution < -0.4 is 5.73 Å². The predicted octanol–water partition coefficient (Wildman–Crippen LogP) is 0.656. The van der Waals surface area contributed by atoms with E-state index in [1.54, 1.807) is 4.90 Å². The van der Waals surface area contributed by atoms with Gasteiger partial charge in [-0.05, 0) is 13.0 Å². The minimum absolute atomic E-state index is 0.0141. The highest BCUT2D eigenvalue weighted by molar-refractivity contribution is 5.79. The molecule has 2 amide bonds. The molecule has 1 fully saturated rings. The standard InChI is InChI=1S/C9H14FN3O/c10-7-4-8-6-12(3-1-2-11)9(14)13(8)5-7/h5,8H,1-4,6,11H2/t8-/m0/s1. The molecule has 5 heteroatoms. The zero-order valence-electron chi connectivity index (χ0n) is 7.95. The lowest BCUT2D eigenvalue weighted by atomic mass is 10.2. The summed E-state index contributed by atoms with van der Waals surface area (Å²) in [7, 11) is 0. The number of fused-ring (bicyclic) bond motifs is 1. The summed E-state index contributed by atoms with van der Waals surface area (Å²) in [5.41, 5.74) is 5.37. The van der Waals surface area contributed by atoms with E-state index in [0.717, 1.165) is 6.42 Å². The van der Waals surface area contributed by atoms with Crippen LogP contribution in [0.2, 0.25) is 0 Å². The van der Waals surface area contributed by atoms with Gasteiger partial charge < -0.3 is 10.6 Å². The molecule has 0 spiro atoms. The lowest BCUT2D eigenvalue weighted by molar-refractivity contribution is 0.201. The van der Waals surface area contributed by atoms with E-state index < -0.39 is 0 Å². The number of nitrogens with two attached hydrogens (primary N) is 1. The normalized spacial score (nSPS) is 25.7. The highest BCUT2D eigenvalue weighted by atomic mass is 19.1. The molecule has 78 valence electrons. The summed E-state index contributed by atoms with van der Waals surface area (Å²) in [5.74, 6) is -0.193. The van der Waals surface area contributed by atoms with E-state index >= 15 is 0 Å². The third-order valence-corrected chi connectivity index (χ3v) is 2.66. The Kier molecular flexibility index (Phi) is 2.41. The first-order valence-electron chi connectivity index (χ1n) is 4.86. The molecule has 2 heterocycles. The van der Waals surface area contributed by atoms with Crippen molar-refractivity contribution in [1.82, 2.24) is 9.80 Å². The van der Waals surface area contributed by atoms with Crippen LogP contribution in [0.1, 0.15) is 12.8 Å². The first-order chi connectivity index (χ1) is 6.72. The van der Waals surface area contributed by atoms with Crippen LogP contribution in [-0.4, -0.2) is 41.5 Å². The molecule has 0 saturated carbocycles. The maximum absolute atomic E-state index is 12.8. The first kappa shape index (κ1) is 9.45. The smallest absolute Gasteiger partial charge is 0.324 e. The van der Waals surface area contributed by atoms with E-state index in [4.69, 9.17) is 5.73 Å². The summed E-state index contributed by atoms with van der Waals surface area (Å²) in [6, 6.07) is -0.0728. The number of hydrogen-bond acceptors (Lipinski definition) is 2. The Morgan fingerprint density at radius 3 is 3.07 bits per heavy atom. The van der Waals surface area contributed by atoms with Crippen molar-refractivity contribution in [3.63, 3.8) is 0 Å². The predicted molar refractivity (Wildman–Crippen MR) is 50.1 cm³/mol. The van der Waals surface area contributed by atoms with Crippen LogP contribution in [-0.2, 0) is 0 Å². The largest absolute Gasteiger partial charge is 0.330 e. The second-order valence-electron chi connectivity index (χ2n) is 3.71. The molecule has 14 heavy (non-hydrogen) atoms. The molecule has 2 aliphatic heterocycles. The molecule has 0 radical (unpaired) electrons. The van der Waals surface area contributed by atoms with Crippen LogP contribution in [0.25, 0.3) is 0 Å². The fourth-order valence-electron chi connectivity index (χ4n) is 1.96. The maximum atomic E-state index is 12.8. The van der Waals surface area contributed by atoms with Crippen molar-refractivity contribution in [2.45, 2.75) is 18.9 Å². The van der Waals surface area contributed by atoms with Gasteiger partial charge in [0, 0.05) is 25.7 Å². The van der Waals surface area contributed by atoms with Crippen LogP contribution in [0.4, 0.5) is 9.18 Å². The van der Waals surface area contributed by atoms with Gasteiger partial charge in [-0.1, -0.05) is 0 Å². The Labute approximate surface area is 82.1 Å². The monoisotopic (exact) mass is 199 g/mol. The fraction of sp³-hybridized carbons (Fsp3) is 0.667. The summed E-state index contributed by atoms with van der Waals surface area (Å²) in [5, 5.41) is 0. The van der Waals surface area contributed by atoms with Crippen molar-refractivity contribution < 1.29 is 9.18 Å². The lowest BCUT2D eigenvalue weighted by Crippen LogP contribution is -2.30. The average Bonchev–Trinajstić information content (AvgIpc) is 2.63. The van der Waals surface area contributed by atoms with E-state index in [-0.39, 0.29) is 17.9 Å². The van der Waals surface area contributed by atoms with Crippen LogP contribution >= 0.6 is 0 Å². The Hall–Kier alpha value is -1.10. The second-order valence-corrected chi connectivity index (χ2v) is 3.71. The molecular formula is C9H14FN3O. The minimum atomic E-state index is -0.193. The first-order valence-corrected chi connectivity index (χ1v) is 4.86. The van der Waals surface area contributed by atoms with E-state index in [9.17, 15) is 9.18 Å². The van der Waals surface area contributed by atoms with Crippen LogP contribution in [0.5, 0.6) is 0 Å². The van der Waals surface area contributed by atoms with Gasteiger partial charge in [-0.15, -0.1) is 0 Å². The number of carbonyl (C=O) groups is 1. The van der Waals surface area contributed by atoms with Crippen molar-refractivity contribution >= 4 is 6.03 Å². The van der Waals surface area contributed by atoms with E-state index in [1.807, 2.05) is 0 Å². The highest BCUT2D eigenvalue weighted by Crippen LogP contribution is 2.29. The lowest BCUT2D eigenvalue weighted by Gasteiger charge is -2.14. The van der Waals surface area contributed by atoms with Gasteiger partial charge >= 0.3 is 6.03 Å². The molecule has 4 nitrogen and oxygen atoms in total. The average molecular weight is 199 g/mol. The van der Waals surface area contributed by atoms with E-state index in [1.165, 1.54) is 11.1 Å². The quantitative estimate of drug-likeness (QED) is 0.725. The molecule has 1 atom stereocenters.